The van der Waals surface area contributed by atoms with E-state index in [2.05, 4.69) is 55.2 Å². The van der Waals surface area contributed by atoms with Crippen LogP contribution in [0.2, 0.25) is 0 Å². The van der Waals surface area contributed by atoms with Crippen LogP contribution in [-0.2, 0) is 6.42 Å². The Hall–Kier alpha value is -0.470. The fourth-order valence-corrected chi connectivity index (χ4v) is 4.27. The normalized spacial score (nSPS) is 19.8. The largest absolute Gasteiger partial charge is 0.317 e. The van der Waals surface area contributed by atoms with Gasteiger partial charge in [-0.2, -0.15) is 0 Å². The van der Waals surface area contributed by atoms with Gasteiger partial charge in [0.25, 0.3) is 0 Å². The summed E-state index contributed by atoms with van der Waals surface area (Å²) >= 11 is 2.10. The van der Waals surface area contributed by atoms with Gasteiger partial charge in [0.2, 0.25) is 0 Å². The summed E-state index contributed by atoms with van der Waals surface area (Å²) in [4.78, 5) is 1.51. The summed E-state index contributed by atoms with van der Waals surface area (Å²) in [6, 6.07) is 8.90. The quantitative estimate of drug-likeness (QED) is 0.794. The maximum absolute atomic E-state index is 3.52. The molecule has 0 bridgehead atoms. The fraction of sp³-hybridized carbons (Fsp3) is 0.625. The summed E-state index contributed by atoms with van der Waals surface area (Å²) in [5.74, 6) is 0.849. The molecule has 1 aliphatic rings. The van der Waals surface area contributed by atoms with E-state index >= 15 is 0 Å². The minimum Gasteiger partial charge on any atom is -0.317 e. The molecule has 1 nitrogen and oxygen atoms in total. The molecule has 1 N–H and O–H groups in total. The molecule has 1 aromatic carbocycles. The van der Waals surface area contributed by atoms with Gasteiger partial charge in [-0.3, -0.25) is 0 Å². The molecule has 0 aliphatic carbocycles. The zero-order valence-electron chi connectivity index (χ0n) is 11.6. The molecule has 1 aromatic rings. The predicted molar refractivity (Wildman–Crippen MR) is 81.3 cm³/mol. The lowest BCUT2D eigenvalue weighted by molar-refractivity contribution is 0.414. The lowest BCUT2D eigenvalue weighted by Gasteiger charge is -2.19. The van der Waals surface area contributed by atoms with Gasteiger partial charge in [0.15, 0.2) is 0 Å². The summed E-state index contributed by atoms with van der Waals surface area (Å²) in [7, 11) is 0. The van der Waals surface area contributed by atoms with Crippen LogP contribution in [0, 0.1) is 5.92 Å². The SMILES string of the molecule is CCCC(CNCC)CC1Cc2ccccc2S1. The molecule has 0 saturated heterocycles. The van der Waals surface area contributed by atoms with Crippen molar-refractivity contribution in [2.24, 2.45) is 5.92 Å². The van der Waals surface area contributed by atoms with Gasteiger partial charge >= 0.3 is 0 Å². The highest BCUT2D eigenvalue weighted by Gasteiger charge is 2.24. The van der Waals surface area contributed by atoms with Crippen molar-refractivity contribution in [1.82, 2.24) is 5.32 Å². The van der Waals surface area contributed by atoms with Crippen molar-refractivity contribution in [3.05, 3.63) is 29.8 Å². The van der Waals surface area contributed by atoms with Crippen LogP contribution in [0.4, 0.5) is 0 Å². The van der Waals surface area contributed by atoms with Gasteiger partial charge in [0.05, 0.1) is 0 Å². The van der Waals surface area contributed by atoms with E-state index in [0.29, 0.717) is 0 Å². The Bertz CT molecular complexity index is 339. The van der Waals surface area contributed by atoms with Gasteiger partial charge in [0.1, 0.15) is 0 Å². The average Bonchev–Trinajstić information content (AvgIpc) is 2.78. The zero-order chi connectivity index (χ0) is 12.8. The molecule has 2 unspecified atom stereocenters. The third kappa shape index (κ3) is 3.76. The molecule has 2 rings (SSSR count). The number of fused-ring (bicyclic) bond motifs is 1. The van der Waals surface area contributed by atoms with Gasteiger partial charge in [-0.15, -0.1) is 11.8 Å². The highest BCUT2D eigenvalue weighted by Crippen LogP contribution is 2.39. The third-order valence-electron chi connectivity index (χ3n) is 3.69. The van der Waals surface area contributed by atoms with E-state index in [1.165, 1.54) is 37.1 Å². The monoisotopic (exact) mass is 263 g/mol. The smallest absolute Gasteiger partial charge is 0.0138 e. The zero-order valence-corrected chi connectivity index (χ0v) is 12.4. The van der Waals surface area contributed by atoms with Crippen molar-refractivity contribution in [1.29, 1.82) is 0 Å². The highest BCUT2D eigenvalue weighted by molar-refractivity contribution is 8.00. The van der Waals surface area contributed by atoms with Crippen LogP contribution in [0.3, 0.4) is 0 Å². The molecule has 0 radical (unpaired) electrons. The Kier molecular flexibility index (Phi) is 5.58. The van der Waals surface area contributed by atoms with E-state index in [1.807, 2.05) is 0 Å². The van der Waals surface area contributed by atoms with Gasteiger partial charge in [-0.25, -0.2) is 0 Å². The Morgan fingerprint density at radius 1 is 1.33 bits per heavy atom. The molecular weight excluding hydrogens is 238 g/mol. The second-order valence-electron chi connectivity index (χ2n) is 5.25. The molecule has 1 heterocycles. The minimum absolute atomic E-state index is 0.803. The van der Waals surface area contributed by atoms with Gasteiger partial charge in [-0.05, 0) is 49.9 Å². The molecule has 2 heteroatoms. The van der Waals surface area contributed by atoms with Crippen LogP contribution in [0.25, 0.3) is 0 Å². The Labute approximate surface area is 116 Å². The molecule has 1 aliphatic heterocycles. The third-order valence-corrected chi connectivity index (χ3v) is 5.03. The first-order valence-corrected chi connectivity index (χ1v) is 8.16. The molecule has 0 aromatic heterocycles. The van der Waals surface area contributed by atoms with Crippen molar-refractivity contribution in [2.75, 3.05) is 13.1 Å². The molecule has 0 spiro atoms. The Morgan fingerprint density at radius 3 is 2.89 bits per heavy atom. The first-order valence-electron chi connectivity index (χ1n) is 7.28. The first kappa shape index (κ1) is 14.0. The van der Waals surface area contributed by atoms with E-state index in [0.717, 1.165) is 17.7 Å². The molecule has 0 amide bonds. The van der Waals surface area contributed by atoms with Crippen molar-refractivity contribution in [3.63, 3.8) is 0 Å². The molecule has 2 atom stereocenters. The Balaban J connectivity index is 1.86. The maximum atomic E-state index is 3.52. The maximum Gasteiger partial charge on any atom is 0.0138 e. The van der Waals surface area contributed by atoms with Crippen molar-refractivity contribution in [3.8, 4) is 0 Å². The number of benzene rings is 1. The average molecular weight is 263 g/mol. The van der Waals surface area contributed by atoms with Crippen LogP contribution in [0.1, 0.15) is 38.7 Å². The molecule has 0 saturated carbocycles. The second-order valence-corrected chi connectivity index (χ2v) is 6.59. The van der Waals surface area contributed by atoms with E-state index in [4.69, 9.17) is 0 Å². The summed E-state index contributed by atoms with van der Waals surface area (Å²) in [6.45, 7) is 6.79. The fourth-order valence-electron chi connectivity index (χ4n) is 2.82. The predicted octanol–water partition coefficient (Wildman–Crippen LogP) is 4.12. The summed E-state index contributed by atoms with van der Waals surface area (Å²) < 4.78 is 0. The minimum atomic E-state index is 0.803. The topological polar surface area (TPSA) is 12.0 Å². The highest BCUT2D eigenvalue weighted by atomic mass is 32.2. The van der Waals surface area contributed by atoms with E-state index in [1.54, 1.807) is 5.56 Å². The van der Waals surface area contributed by atoms with Gasteiger partial charge in [-0.1, -0.05) is 38.5 Å². The molecule has 0 fully saturated rings. The molecule has 18 heavy (non-hydrogen) atoms. The van der Waals surface area contributed by atoms with Crippen LogP contribution < -0.4 is 5.32 Å². The second kappa shape index (κ2) is 7.20. The number of hydrogen-bond acceptors (Lipinski definition) is 2. The van der Waals surface area contributed by atoms with Crippen molar-refractivity contribution in [2.45, 2.75) is 49.7 Å². The van der Waals surface area contributed by atoms with Gasteiger partial charge < -0.3 is 5.32 Å². The lowest BCUT2D eigenvalue weighted by Crippen LogP contribution is -2.25. The van der Waals surface area contributed by atoms with Crippen LogP contribution in [-0.4, -0.2) is 18.3 Å². The standard InChI is InChI=1S/C16H25NS/c1-3-7-13(12-17-4-2)10-15-11-14-8-5-6-9-16(14)18-15/h5-6,8-9,13,15,17H,3-4,7,10-12H2,1-2H3. The number of nitrogens with one attached hydrogen (secondary N) is 1. The van der Waals surface area contributed by atoms with Crippen LogP contribution in [0.5, 0.6) is 0 Å². The summed E-state index contributed by atoms with van der Waals surface area (Å²) in [5, 5.41) is 4.32. The first-order chi connectivity index (χ1) is 8.83. The van der Waals surface area contributed by atoms with E-state index < -0.39 is 0 Å². The summed E-state index contributed by atoms with van der Waals surface area (Å²) in [5.41, 5.74) is 1.56. The molecule has 100 valence electrons. The number of rotatable bonds is 7. The van der Waals surface area contributed by atoms with E-state index in [9.17, 15) is 0 Å². The van der Waals surface area contributed by atoms with Crippen LogP contribution in [0.15, 0.2) is 29.2 Å². The number of hydrogen-bond donors (Lipinski definition) is 1. The van der Waals surface area contributed by atoms with Crippen LogP contribution >= 0.6 is 11.8 Å². The summed E-state index contributed by atoms with van der Waals surface area (Å²) in [6.07, 6.45) is 5.30. The van der Waals surface area contributed by atoms with Gasteiger partial charge in [0, 0.05) is 10.1 Å². The van der Waals surface area contributed by atoms with Crippen molar-refractivity contribution >= 4 is 11.8 Å². The Morgan fingerprint density at radius 2 is 2.17 bits per heavy atom. The molecular formula is C16H25NS. The van der Waals surface area contributed by atoms with E-state index in [-0.39, 0.29) is 0 Å². The lowest BCUT2D eigenvalue weighted by atomic mass is 9.95. The number of thioether (sulfide) groups is 1. The van der Waals surface area contributed by atoms with Crippen molar-refractivity contribution < 1.29 is 0 Å².